The maximum atomic E-state index is 12.1. The first-order valence-electron chi connectivity index (χ1n) is 6.62. The molecule has 0 radical (unpaired) electrons. The van der Waals surface area contributed by atoms with Crippen molar-refractivity contribution in [2.24, 2.45) is 0 Å². The molecular weight excluding hydrogens is 272 g/mol. The molecule has 0 aliphatic carbocycles. The van der Waals surface area contributed by atoms with Gasteiger partial charge in [-0.15, -0.1) is 11.3 Å². The van der Waals surface area contributed by atoms with Crippen LogP contribution < -0.4 is 11.0 Å². The fourth-order valence-electron chi connectivity index (χ4n) is 2.83. The first kappa shape index (κ1) is 11.8. The molecule has 3 aromatic heterocycles. The number of aromatic nitrogens is 3. The second-order valence-corrected chi connectivity index (χ2v) is 6.23. The molecule has 0 saturated carbocycles. The lowest BCUT2D eigenvalue weighted by Crippen LogP contribution is -2.20. The monoisotopic (exact) mass is 286 g/mol. The van der Waals surface area contributed by atoms with E-state index in [1.807, 2.05) is 6.92 Å². The maximum Gasteiger partial charge on any atom is 0.349 e. The van der Waals surface area contributed by atoms with Crippen molar-refractivity contribution >= 4 is 37.6 Å². The van der Waals surface area contributed by atoms with E-state index in [9.17, 15) is 4.79 Å². The Bertz CT molecular complexity index is 938. The van der Waals surface area contributed by atoms with Crippen LogP contribution in [-0.4, -0.2) is 21.1 Å². The predicted octanol–water partition coefficient (Wildman–Crippen LogP) is 2.36. The van der Waals surface area contributed by atoms with E-state index in [4.69, 9.17) is 0 Å². The van der Waals surface area contributed by atoms with Gasteiger partial charge in [0.25, 0.3) is 0 Å². The molecule has 20 heavy (non-hydrogen) atoms. The summed E-state index contributed by atoms with van der Waals surface area (Å²) < 4.78 is 2.75. The molecule has 1 aliphatic rings. The minimum Gasteiger partial charge on any atom is -0.368 e. The summed E-state index contributed by atoms with van der Waals surface area (Å²) in [6.45, 7) is 7.65. The number of thiophene rings is 1. The van der Waals surface area contributed by atoms with Crippen LogP contribution >= 0.6 is 11.3 Å². The average molecular weight is 286 g/mol. The van der Waals surface area contributed by atoms with Gasteiger partial charge in [0.1, 0.15) is 16.2 Å². The largest absolute Gasteiger partial charge is 0.368 e. The molecule has 102 valence electrons. The number of aryl methyl sites for hydroxylation is 2. The minimum absolute atomic E-state index is 0.171. The maximum absolute atomic E-state index is 12.1. The van der Waals surface area contributed by atoms with E-state index in [-0.39, 0.29) is 5.69 Å². The molecule has 0 atom stereocenters. The van der Waals surface area contributed by atoms with Gasteiger partial charge in [0, 0.05) is 24.2 Å². The predicted molar refractivity (Wildman–Crippen MR) is 81.9 cm³/mol. The van der Waals surface area contributed by atoms with Gasteiger partial charge >= 0.3 is 5.69 Å². The van der Waals surface area contributed by atoms with Gasteiger partial charge in [-0.3, -0.25) is 4.57 Å². The van der Waals surface area contributed by atoms with Crippen LogP contribution in [0.5, 0.6) is 0 Å². The van der Waals surface area contributed by atoms with Crippen LogP contribution in [0.4, 0.5) is 5.82 Å². The van der Waals surface area contributed by atoms with Gasteiger partial charge in [-0.1, -0.05) is 0 Å². The van der Waals surface area contributed by atoms with E-state index in [2.05, 4.69) is 29.1 Å². The molecule has 0 spiro atoms. The van der Waals surface area contributed by atoms with Crippen molar-refractivity contribution in [3.05, 3.63) is 27.3 Å². The van der Waals surface area contributed by atoms with Crippen molar-refractivity contribution in [2.45, 2.75) is 27.3 Å². The Kier molecular flexibility index (Phi) is 2.24. The summed E-state index contributed by atoms with van der Waals surface area (Å²) in [6.07, 6.45) is 0. The Hall–Kier alpha value is -1.95. The lowest BCUT2D eigenvalue weighted by Gasteiger charge is -2.05. The summed E-state index contributed by atoms with van der Waals surface area (Å²) in [5, 5.41) is 4.33. The number of rotatable bonds is 0. The summed E-state index contributed by atoms with van der Waals surface area (Å²) in [7, 11) is 0. The van der Waals surface area contributed by atoms with Crippen molar-refractivity contribution in [1.82, 2.24) is 14.5 Å². The quantitative estimate of drug-likeness (QED) is 0.689. The minimum atomic E-state index is -0.171. The van der Waals surface area contributed by atoms with Crippen LogP contribution in [0.1, 0.15) is 16.8 Å². The summed E-state index contributed by atoms with van der Waals surface area (Å²) in [5.74, 6) is 0.901. The first-order chi connectivity index (χ1) is 9.58. The van der Waals surface area contributed by atoms with Crippen molar-refractivity contribution in [3.63, 3.8) is 0 Å². The van der Waals surface area contributed by atoms with Crippen LogP contribution in [0.15, 0.2) is 4.79 Å². The number of nitrogens with zero attached hydrogens (tertiary/aromatic N) is 3. The number of anilines is 1. The third kappa shape index (κ3) is 1.34. The van der Waals surface area contributed by atoms with E-state index >= 15 is 0 Å². The summed E-state index contributed by atoms with van der Waals surface area (Å²) in [5.41, 5.74) is 4.01. The number of pyridine rings is 1. The Balaban J connectivity index is 2.28. The highest BCUT2D eigenvalue weighted by Crippen LogP contribution is 2.38. The highest BCUT2D eigenvalue weighted by molar-refractivity contribution is 7.26. The topological polar surface area (TPSA) is 59.8 Å². The Labute approximate surface area is 119 Å². The van der Waals surface area contributed by atoms with Crippen molar-refractivity contribution in [3.8, 4) is 0 Å². The zero-order chi connectivity index (χ0) is 14.0. The first-order valence-corrected chi connectivity index (χ1v) is 7.44. The van der Waals surface area contributed by atoms with Crippen LogP contribution in [0.3, 0.4) is 0 Å². The van der Waals surface area contributed by atoms with Crippen molar-refractivity contribution in [1.29, 1.82) is 0 Å². The van der Waals surface area contributed by atoms with E-state index in [0.29, 0.717) is 6.54 Å². The molecule has 1 aliphatic heterocycles. The SMILES string of the molecule is Cc1nc2sc3c4n(c(=O)nc3c2c(C)c1C)CCN4. The Morgan fingerprint density at radius 1 is 1.20 bits per heavy atom. The van der Waals surface area contributed by atoms with Crippen LogP contribution in [0, 0.1) is 20.8 Å². The van der Waals surface area contributed by atoms with E-state index in [1.165, 1.54) is 11.1 Å². The normalized spacial score (nSPS) is 13.9. The van der Waals surface area contributed by atoms with Gasteiger partial charge < -0.3 is 5.32 Å². The second kappa shape index (κ2) is 3.79. The molecule has 0 amide bonds. The lowest BCUT2D eigenvalue weighted by atomic mass is 10.1. The van der Waals surface area contributed by atoms with Crippen molar-refractivity contribution < 1.29 is 0 Å². The third-order valence-corrected chi connectivity index (χ3v) is 5.24. The van der Waals surface area contributed by atoms with Gasteiger partial charge in [0.15, 0.2) is 0 Å². The summed E-state index contributed by atoms with van der Waals surface area (Å²) in [4.78, 5) is 22.1. The highest BCUT2D eigenvalue weighted by Gasteiger charge is 2.21. The summed E-state index contributed by atoms with van der Waals surface area (Å²) >= 11 is 1.62. The van der Waals surface area contributed by atoms with Gasteiger partial charge in [-0.2, -0.15) is 4.98 Å². The van der Waals surface area contributed by atoms with Gasteiger partial charge in [0.2, 0.25) is 0 Å². The number of fused-ring (bicyclic) bond motifs is 5. The van der Waals surface area contributed by atoms with E-state index in [0.717, 1.165) is 38.5 Å². The van der Waals surface area contributed by atoms with E-state index < -0.39 is 0 Å². The Morgan fingerprint density at radius 3 is 2.80 bits per heavy atom. The molecule has 0 bridgehead atoms. The summed E-state index contributed by atoms with van der Waals surface area (Å²) in [6, 6.07) is 0. The smallest absolute Gasteiger partial charge is 0.349 e. The molecule has 5 nitrogen and oxygen atoms in total. The third-order valence-electron chi connectivity index (χ3n) is 4.17. The molecule has 4 rings (SSSR count). The molecule has 0 unspecified atom stereocenters. The molecule has 0 fully saturated rings. The second-order valence-electron chi connectivity index (χ2n) is 5.23. The van der Waals surface area contributed by atoms with Gasteiger partial charge in [-0.25, -0.2) is 9.78 Å². The van der Waals surface area contributed by atoms with Crippen LogP contribution in [0.2, 0.25) is 0 Å². The zero-order valence-corrected chi connectivity index (χ0v) is 12.4. The molecule has 4 heterocycles. The standard InChI is InChI=1S/C14H14N4OS/c1-6-7(2)9-10-11(20-13(9)16-8(6)3)12-15-4-5-18(12)14(19)17-10/h15H,4-5H2,1-3H3. The number of hydrogen-bond acceptors (Lipinski definition) is 5. The zero-order valence-electron chi connectivity index (χ0n) is 11.6. The van der Waals surface area contributed by atoms with E-state index in [1.54, 1.807) is 15.9 Å². The van der Waals surface area contributed by atoms with Crippen molar-refractivity contribution in [2.75, 3.05) is 11.9 Å². The van der Waals surface area contributed by atoms with Gasteiger partial charge in [-0.05, 0) is 31.9 Å². The average Bonchev–Trinajstić information content (AvgIpc) is 3.00. The highest BCUT2D eigenvalue weighted by atomic mass is 32.1. The fourth-order valence-corrected chi connectivity index (χ4v) is 4.08. The molecule has 1 N–H and O–H groups in total. The lowest BCUT2D eigenvalue weighted by molar-refractivity contribution is 0.751. The number of hydrogen-bond donors (Lipinski definition) is 1. The molecule has 0 aromatic carbocycles. The number of nitrogens with one attached hydrogen (secondary N) is 1. The molecular formula is C14H14N4OS. The van der Waals surface area contributed by atoms with Gasteiger partial charge in [0.05, 0.1) is 4.70 Å². The van der Waals surface area contributed by atoms with Crippen LogP contribution in [0.25, 0.3) is 20.4 Å². The molecule has 0 saturated heterocycles. The van der Waals surface area contributed by atoms with Crippen LogP contribution in [-0.2, 0) is 6.54 Å². The molecule has 3 aromatic rings. The fraction of sp³-hybridized carbons (Fsp3) is 0.357. The molecule has 6 heteroatoms. The Morgan fingerprint density at radius 2 is 2.00 bits per heavy atom.